The molecule has 1 N–H and O–H groups in total. The van der Waals surface area contributed by atoms with Crippen LogP contribution in [0, 0.1) is 25.2 Å². The molecule has 0 spiro atoms. The van der Waals surface area contributed by atoms with Gasteiger partial charge in [-0.3, -0.25) is 4.79 Å². The van der Waals surface area contributed by atoms with E-state index in [1.54, 1.807) is 19.9 Å². The lowest BCUT2D eigenvalue weighted by Crippen LogP contribution is -2.45. The number of amides is 1. The van der Waals surface area contributed by atoms with Crippen LogP contribution in [0.15, 0.2) is 28.7 Å². The number of halogens is 3. The van der Waals surface area contributed by atoms with Crippen LogP contribution in [0.2, 0.25) is 0 Å². The maximum atomic E-state index is 12.9. The van der Waals surface area contributed by atoms with Gasteiger partial charge in [0.2, 0.25) is 0 Å². The molecule has 8 heteroatoms. The Kier molecular flexibility index (Phi) is 5.36. The Morgan fingerprint density at radius 3 is 2.46 bits per heavy atom. The molecule has 5 nitrogen and oxygen atoms in total. The van der Waals surface area contributed by atoms with Crippen molar-refractivity contribution in [1.82, 2.24) is 5.32 Å². The molecular weight excluding hydrogens is 371 g/mol. The van der Waals surface area contributed by atoms with E-state index in [-0.39, 0.29) is 17.5 Å². The molecule has 1 aliphatic heterocycles. The summed E-state index contributed by atoms with van der Waals surface area (Å²) in [6, 6.07) is 6.73. The number of hydrogen-bond acceptors (Lipinski definition) is 4. The van der Waals surface area contributed by atoms with Crippen LogP contribution in [0.1, 0.15) is 45.8 Å². The van der Waals surface area contributed by atoms with Crippen molar-refractivity contribution in [2.45, 2.75) is 38.9 Å². The van der Waals surface area contributed by atoms with Gasteiger partial charge in [-0.15, -0.1) is 0 Å². The number of anilines is 1. The van der Waals surface area contributed by atoms with Crippen LogP contribution in [0.3, 0.4) is 0 Å². The number of nitrogens with zero attached hydrogens (tertiary/aromatic N) is 2. The van der Waals surface area contributed by atoms with Crippen LogP contribution in [0.4, 0.5) is 18.9 Å². The van der Waals surface area contributed by atoms with Crippen molar-refractivity contribution in [3.05, 3.63) is 52.5 Å². The smallest absolute Gasteiger partial charge is 0.416 e. The minimum atomic E-state index is -4.48. The molecule has 2 heterocycles. The molecule has 0 unspecified atom stereocenters. The Morgan fingerprint density at radius 1 is 1.25 bits per heavy atom. The Bertz CT molecular complexity index is 920. The summed E-state index contributed by atoms with van der Waals surface area (Å²) in [6.45, 7) is 4.58. The van der Waals surface area contributed by atoms with Crippen LogP contribution in [-0.2, 0) is 6.18 Å². The molecule has 0 radical (unpaired) electrons. The summed E-state index contributed by atoms with van der Waals surface area (Å²) in [4.78, 5) is 14.3. The largest absolute Gasteiger partial charge is 0.466 e. The van der Waals surface area contributed by atoms with E-state index in [1.165, 1.54) is 6.07 Å². The average Bonchev–Trinajstić information content (AvgIpc) is 2.99. The van der Waals surface area contributed by atoms with Gasteiger partial charge in [-0.25, -0.2) is 0 Å². The first-order chi connectivity index (χ1) is 13.2. The molecule has 0 bridgehead atoms. The number of rotatable bonds is 3. The molecule has 1 aromatic carbocycles. The first-order valence-corrected chi connectivity index (χ1v) is 8.93. The molecule has 1 saturated heterocycles. The van der Waals surface area contributed by atoms with E-state index in [1.807, 2.05) is 11.0 Å². The Balaban J connectivity index is 1.65. The van der Waals surface area contributed by atoms with Gasteiger partial charge in [-0.05, 0) is 51.0 Å². The van der Waals surface area contributed by atoms with Crippen molar-refractivity contribution in [1.29, 1.82) is 5.26 Å². The lowest BCUT2D eigenvalue weighted by atomic mass is 10.0. The topological polar surface area (TPSA) is 69.3 Å². The molecular formula is C20H20F3N3O2. The second kappa shape index (κ2) is 7.58. The summed E-state index contributed by atoms with van der Waals surface area (Å²) in [5.41, 5.74) is 0.165. The molecule has 0 aliphatic carbocycles. The monoisotopic (exact) mass is 391 g/mol. The van der Waals surface area contributed by atoms with Crippen LogP contribution < -0.4 is 10.2 Å². The number of carbonyl (C=O) groups is 1. The van der Waals surface area contributed by atoms with Crippen molar-refractivity contribution in [3.8, 4) is 6.07 Å². The van der Waals surface area contributed by atoms with Gasteiger partial charge in [-0.2, -0.15) is 18.4 Å². The van der Waals surface area contributed by atoms with E-state index >= 15 is 0 Å². The van der Waals surface area contributed by atoms with Crippen molar-refractivity contribution in [2.24, 2.45) is 0 Å². The highest BCUT2D eigenvalue weighted by Gasteiger charge is 2.32. The van der Waals surface area contributed by atoms with Crippen molar-refractivity contribution < 1.29 is 22.4 Å². The van der Waals surface area contributed by atoms with E-state index in [4.69, 9.17) is 4.42 Å². The van der Waals surface area contributed by atoms with Gasteiger partial charge in [0.15, 0.2) is 0 Å². The Hall–Kier alpha value is -2.95. The normalized spacial score (nSPS) is 15.4. The third-order valence-electron chi connectivity index (χ3n) is 4.90. The first kappa shape index (κ1) is 19.8. The third-order valence-corrected chi connectivity index (χ3v) is 4.90. The summed E-state index contributed by atoms with van der Waals surface area (Å²) >= 11 is 0. The van der Waals surface area contributed by atoms with Gasteiger partial charge in [-0.1, -0.05) is 0 Å². The zero-order valence-electron chi connectivity index (χ0n) is 15.6. The summed E-state index contributed by atoms with van der Waals surface area (Å²) in [7, 11) is 0. The molecule has 1 aliphatic rings. The number of nitrogens with one attached hydrogen (secondary N) is 1. The number of carbonyl (C=O) groups excluding carboxylic acids is 1. The average molecular weight is 391 g/mol. The zero-order chi connectivity index (χ0) is 20.5. The standard InChI is InChI=1S/C20H20F3N3O2/c1-12-9-17(13(2)28-12)19(27)25-16-5-7-26(8-6-16)18-4-3-15(20(21,22)23)10-14(18)11-24/h3-4,9-10,16H,5-8H2,1-2H3,(H,25,27). The number of alkyl halides is 3. The quantitative estimate of drug-likeness (QED) is 0.852. The van der Waals surface area contributed by atoms with E-state index < -0.39 is 11.7 Å². The molecule has 28 heavy (non-hydrogen) atoms. The third kappa shape index (κ3) is 4.14. The van der Waals surface area contributed by atoms with Crippen LogP contribution >= 0.6 is 0 Å². The summed E-state index contributed by atoms with van der Waals surface area (Å²) < 4.78 is 43.9. The zero-order valence-corrected chi connectivity index (χ0v) is 15.6. The molecule has 1 amide bonds. The molecule has 0 saturated carbocycles. The molecule has 148 valence electrons. The molecule has 3 rings (SSSR count). The fourth-order valence-corrected chi connectivity index (χ4v) is 3.46. The van der Waals surface area contributed by atoms with Crippen molar-refractivity contribution in [3.63, 3.8) is 0 Å². The SMILES string of the molecule is Cc1cc(C(=O)NC2CCN(c3ccc(C(F)(F)F)cc3C#N)CC2)c(C)o1. The lowest BCUT2D eigenvalue weighted by molar-refractivity contribution is -0.137. The minimum Gasteiger partial charge on any atom is -0.466 e. The van der Waals surface area contributed by atoms with Gasteiger partial charge < -0.3 is 14.6 Å². The molecule has 1 fully saturated rings. The fourth-order valence-electron chi connectivity index (χ4n) is 3.46. The predicted molar refractivity (Wildman–Crippen MR) is 97.0 cm³/mol. The van der Waals surface area contributed by atoms with Crippen LogP contribution in [-0.4, -0.2) is 25.0 Å². The predicted octanol–water partition coefficient (Wildman–Crippen LogP) is 4.19. The van der Waals surface area contributed by atoms with E-state index in [2.05, 4.69) is 5.32 Å². The van der Waals surface area contributed by atoms with Crippen LogP contribution in [0.5, 0.6) is 0 Å². The molecule has 2 aromatic rings. The van der Waals surface area contributed by atoms with E-state index in [9.17, 15) is 23.2 Å². The van der Waals surface area contributed by atoms with Crippen molar-refractivity contribution >= 4 is 11.6 Å². The lowest BCUT2D eigenvalue weighted by Gasteiger charge is -2.34. The number of piperidine rings is 1. The van der Waals surface area contributed by atoms with Gasteiger partial charge >= 0.3 is 6.18 Å². The maximum absolute atomic E-state index is 12.9. The number of benzene rings is 1. The Morgan fingerprint density at radius 2 is 1.93 bits per heavy atom. The summed E-state index contributed by atoms with van der Waals surface area (Å²) in [5.74, 6) is 1.04. The van der Waals surface area contributed by atoms with Crippen molar-refractivity contribution in [2.75, 3.05) is 18.0 Å². The highest BCUT2D eigenvalue weighted by Crippen LogP contribution is 2.33. The summed E-state index contributed by atoms with van der Waals surface area (Å²) in [6.07, 6.45) is -3.22. The van der Waals surface area contributed by atoms with Gasteiger partial charge in [0.25, 0.3) is 5.91 Å². The molecule has 1 aromatic heterocycles. The van der Waals surface area contributed by atoms with Gasteiger partial charge in [0, 0.05) is 19.1 Å². The number of nitriles is 1. The maximum Gasteiger partial charge on any atom is 0.416 e. The highest BCUT2D eigenvalue weighted by molar-refractivity contribution is 5.95. The van der Waals surface area contributed by atoms with Gasteiger partial charge in [0.05, 0.1) is 22.4 Å². The number of aryl methyl sites for hydroxylation is 2. The second-order valence-corrected chi connectivity index (χ2v) is 6.90. The minimum absolute atomic E-state index is 0.00167. The first-order valence-electron chi connectivity index (χ1n) is 8.93. The number of furan rings is 1. The fraction of sp³-hybridized carbons (Fsp3) is 0.400. The second-order valence-electron chi connectivity index (χ2n) is 6.90. The van der Waals surface area contributed by atoms with E-state index in [0.717, 1.165) is 12.1 Å². The number of hydrogen-bond donors (Lipinski definition) is 1. The summed E-state index contributed by atoms with van der Waals surface area (Å²) in [5, 5.41) is 12.2. The Labute approximate surface area is 160 Å². The molecule has 0 atom stereocenters. The van der Waals surface area contributed by atoms with E-state index in [0.29, 0.717) is 48.7 Å². The van der Waals surface area contributed by atoms with Crippen LogP contribution in [0.25, 0.3) is 0 Å². The highest BCUT2D eigenvalue weighted by atomic mass is 19.4. The van der Waals surface area contributed by atoms with Gasteiger partial charge in [0.1, 0.15) is 17.6 Å².